The lowest BCUT2D eigenvalue weighted by atomic mass is 9.51. The van der Waals surface area contributed by atoms with Gasteiger partial charge in [-0.3, -0.25) is 0 Å². The molecule has 45 heavy (non-hydrogen) atoms. The Morgan fingerprint density at radius 3 is 2.13 bits per heavy atom. The molecule has 4 aliphatic rings. The molecule has 2 aromatic heterocycles. The maximum Gasteiger partial charge on any atom is 0.0606 e. The summed E-state index contributed by atoms with van der Waals surface area (Å²) in [6.07, 6.45) is 5.13. The minimum Gasteiger partial charge on any atom is -0.309 e. The van der Waals surface area contributed by atoms with Gasteiger partial charge >= 0.3 is 0 Å². The zero-order valence-electron chi connectivity index (χ0n) is 24.9. The first kappa shape index (κ1) is 23.3. The zero-order chi connectivity index (χ0) is 29.0. The average molecular weight is 575 g/mol. The van der Waals surface area contributed by atoms with Crippen LogP contribution in [0.1, 0.15) is 41.5 Å². The van der Waals surface area contributed by atoms with Gasteiger partial charge in [0.05, 0.1) is 38.9 Å². The van der Waals surface area contributed by atoms with Crippen LogP contribution in [0.4, 0.5) is 0 Å². The van der Waals surface area contributed by atoms with Crippen molar-refractivity contribution >= 4 is 43.6 Å². The van der Waals surface area contributed by atoms with E-state index in [1.54, 1.807) is 11.1 Å². The average Bonchev–Trinajstić information content (AvgIpc) is 3.80. The summed E-state index contributed by atoms with van der Waals surface area (Å²) in [5, 5.41) is 5.50. The van der Waals surface area contributed by atoms with Crippen molar-refractivity contribution in [2.24, 2.45) is 11.8 Å². The van der Waals surface area contributed by atoms with Gasteiger partial charge in [0.2, 0.25) is 0 Å². The molecule has 4 heterocycles. The second kappa shape index (κ2) is 7.76. The van der Waals surface area contributed by atoms with Crippen LogP contribution in [0.3, 0.4) is 0 Å². The molecule has 6 aromatic carbocycles. The van der Waals surface area contributed by atoms with Crippen LogP contribution in [0.15, 0.2) is 121 Å². The van der Waals surface area contributed by atoms with Crippen LogP contribution >= 0.6 is 0 Å². The largest absolute Gasteiger partial charge is 0.309 e. The molecule has 2 aliphatic heterocycles. The molecule has 8 aromatic rings. The molecular weight excluding hydrogens is 544 g/mol. The van der Waals surface area contributed by atoms with Crippen molar-refractivity contribution in [3.63, 3.8) is 0 Å². The van der Waals surface area contributed by atoms with E-state index in [0.29, 0.717) is 11.8 Å². The third-order valence-electron chi connectivity index (χ3n) is 12.2. The first-order valence-electron chi connectivity index (χ1n) is 16.7. The molecule has 2 nitrogen and oxygen atoms in total. The second-order valence-electron chi connectivity index (χ2n) is 13.9. The Balaban J connectivity index is 1.43. The third-order valence-corrected chi connectivity index (χ3v) is 12.2. The second-order valence-corrected chi connectivity index (χ2v) is 13.9. The van der Waals surface area contributed by atoms with E-state index in [9.17, 15) is 0 Å². The van der Waals surface area contributed by atoms with E-state index in [-0.39, 0.29) is 5.41 Å². The lowest BCUT2D eigenvalue weighted by Gasteiger charge is -2.53. The number of aromatic nitrogens is 2. The Morgan fingerprint density at radius 2 is 1.29 bits per heavy atom. The number of nitrogens with zero attached hydrogens (tertiary/aromatic N) is 2. The summed E-state index contributed by atoms with van der Waals surface area (Å²) in [6.45, 7) is 0. The SMILES string of the molecule is c1ccc(-c2ccc3c4c2-n2c5ccccc5c5ccc6c(c52)C4(c2cccc4c5ccccc5n-3c24)C2CCCC2C6)cc1. The van der Waals surface area contributed by atoms with E-state index < -0.39 is 0 Å². The lowest BCUT2D eigenvalue weighted by Crippen LogP contribution is -2.49. The minimum atomic E-state index is -0.196. The monoisotopic (exact) mass is 574 g/mol. The number of rotatable bonds is 1. The molecule has 1 fully saturated rings. The van der Waals surface area contributed by atoms with Crippen LogP contribution in [0.2, 0.25) is 0 Å². The highest BCUT2D eigenvalue weighted by Gasteiger charge is 2.59. The van der Waals surface area contributed by atoms with Gasteiger partial charge in [0.25, 0.3) is 0 Å². The fraction of sp³-hybridized carbons (Fsp3) is 0.163. The molecule has 3 unspecified atom stereocenters. The van der Waals surface area contributed by atoms with Crippen LogP contribution in [0, 0.1) is 11.8 Å². The van der Waals surface area contributed by atoms with Crippen molar-refractivity contribution < 1.29 is 0 Å². The molecule has 0 N–H and O–H groups in total. The minimum absolute atomic E-state index is 0.196. The molecule has 0 bridgehead atoms. The third kappa shape index (κ3) is 2.46. The Kier molecular flexibility index (Phi) is 4.02. The summed E-state index contributed by atoms with van der Waals surface area (Å²) in [6, 6.07) is 46.5. The molecular formula is C43H30N2. The number of benzene rings is 6. The Morgan fingerprint density at radius 1 is 0.556 bits per heavy atom. The standard InChI is InChI=1S/C43H30N2/c1-2-10-25(11-3-1)28-22-23-37-39-41(28)45-36-19-7-5-14-30(36)32-21-20-27-24-26-12-8-16-33(26)43(39,38(27)42(32)45)34-17-9-15-31-29-13-4-6-18-35(29)44(37)40(31)34/h1-7,9-11,13-15,17-23,26,33H,8,12,16,24H2. The predicted molar refractivity (Wildman–Crippen MR) is 185 cm³/mol. The van der Waals surface area contributed by atoms with Crippen LogP contribution in [0.25, 0.3) is 66.1 Å². The summed E-state index contributed by atoms with van der Waals surface area (Å²) < 4.78 is 5.32. The highest BCUT2D eigenvalue weighted by Crippen LogP contribution is 2.67. The van der Waals surface area contributed by atoms with Gasteiger partial charge in [-0.15, -0.1) is 0 Å². The van der Waals surface area contributed by atoms with Gasteiger partial charge in [-0.2, -0.15) is 0 Å². The van der Waals surface area contributed by atoms with Crippen molar-refractivity contribution in [2.45, 2.75) is 31.1 Å². The quantitative estimate of drug-likeness (QED) is 0.185. The van der Waals surface area contributed by atoms with E-state index in [1.165, 1.54) is 103 Å². The molecule has 212 valence electrons. The maximum absolute atomic E-state index is 2.69. The van der Waals surface area contributed by atoms with Gasteiger partial charge in [0.15, 0.2) is 0 Å². The first-order chi connectivity index (χ1) is 22.4. The molecule has 3 atom stereocenters. The summed E-state index contributed by atoms with van der Waals surface area (Å²) >= 11 is 0. The zero-order valence-corrected chi connectivity index (χ0v) is 24.9. The van der Waals surface area contributed by atoms with Gasteiger partial charge in [-0.25, -0.2) is 0 Å². The maximum atomic E-state index is 2.69. The summed E-state index contributed by atoms with van der Waals surface area (Å²) in [4.78, 5) is 0. The summed E-state index contributed by atoms with van der Waals surface area (Å²) in [7, 11) is 0. The van der Waals surface area contributed by atoms with Crippen molar-refractivity contribution in [3.05, 3.63) is 144 Å². The van der Waals surface area contributed by atoms with Crippen molar-refractivity contribution in [1.29, 1.82) is 0 Å². The van der Waals surface area contributed by atoms with Gasteiger partial charge < -0.3 is 9.13 Å². The highest BCUT2D eigenvalue weighted by molar-refractivity contribution is 6.16. The van der Waals surface area contributed by atoms with Gasteiger partial charge in [0, 0.05) is 32.7 Å². The molecule has 12 rings (SSSR count). The summed E-state index contributed by atoms with van der Waals surface area (Å²) in [5.74, 6) is 1.27. The van der Waals surface area contributed by atoms with Crippen LogP contribution in [-0.4, -0.2) is 9.13 Å². The normalized spacial score (nSPS) is 22.0. The Labute approximate surface area is 261 Å². The fourth-order valence-corrected chi connectivity index (χ4v) is 10.9. The van der Waals surface area contributed by atoms with Crippen LogP contribution < -0.4 is 0 Å². The van der Waals surface area contributed by atoms with E-state index >= 15 is 0 Å². The number of fused-ring (bicyclic) bond motifs is 9. The predicted octanol–water partition coefficient (Wildman–Crippen LogP) is 10.5. The fourth-order valence-electron chi connectivity index (χ4n) is 10.9. The smallest absolute Gasteiger partial charge is 0.0606 e. The molecule has 0 amide bonds. The lowest BCUT2D eigenvalue weighted by molar-refractivity contribution is 0.260. The Bertz CT molecular complexity index is 2620. The molecule has 1 spiro atoms. The number of para-hydroxylation sites is 3. The highest BCUT2D eigenvalue weighted by atomic mass is 15.1. The Hall–Kier alpha value is -5.08. The van der Waals surface area contributed by atoms with Crippen molar-refractivity contribution in [2.75, 3.05) is 0 Å². The van der Waals surface area contributed by atoms with Crippen LogP contribution in [0.5, 0.6) is 0 Å². The molecule has 0 saturated heterocycles. The molecule has 1 saturated carbocycles. The van der Waals surface area contributed by atoms with Crippen molar-refractivity contribution in [3.8, 4) is 22.5 Å². The van der Waals surface area contributed by atoms with Crippen molar-refractivity contribution in [1.82, 2.24) is 9.13 Å². The topological polar surface area (TPSA) is 9.86 Å². The summed E-state index contributed by atoms with van der Waals surface area (Å²) in [5.41, 5.74) is 16.9. The van der Waals surface area contributed by atoms with E-state index in [4.69, 9.17) is 0 Å². The van der Waals surface area contributed by atoms with Gasteiger partial charge in [0.1, 0.15) is 0 Å². The van der Waals surface area contributed by atoms with E-state index in [0.717, 1.165) is 0 Å². The number of hydrogen-bond acceptors (Lipinski definition) is 0. The molecule has 2 heteroatoms. The molecule has 2 aliphatic carbocycles. The number of hydrogen-bond donors (Lipinski definition) is 0. The first-order valence-corrected chi connectivity index (χ1v) is 16.7. The van der Waals surface area contributed by atoms with Gasteiger partial charge in [-0.05, 0) is 71.6 Å². The van der Waals surface area contributed by atoms with Gasteiger partial charge in [-0.1, -0.05) is 110 Å². The molecule has 0 radical (unpaired) electrons. The van der Waals surface area contributed by atoms with E-state index in [1.807, 2.05) is 0 Å². The van der Waals surface area contributed by atoms with E-state index in [2.05, 4.69) is 130 Å². The van der Waals surface area contributed by atoms with Crippen LogP contribution in [-0.2, 0) is 11.8 Å².